The van der Waals surface area contributed by atoms with E-state index in [9.17, 15) is 21.6 Å². The molecule has 16 heteroatoms. The summed E-state index contributed by atoms with van der Waals surface area (Å²) in [6.45, 7) is 5.03. The second-order valence-corrected chi connectivity index (χ2v) is 14.9. The molecule has 2 aromatic carbocycles. The van der Waals surface area contributed by atoms with Gasteiger partial charge in [0.05, 0.1) is 31.9 Å². The van der Waals surface area contributed by atoms with E-state index in [0.717, 1.165) is 0 Å². The summed E-state index contributed by atoms with van der Waals surface area (Å²) in [7, 11) is -2.40. The molecule has 0 fully saturated rings. The first-order valence-corrected chi connectivity index (χ1v) is 16.9. The van der Waals surface area contributed by atoms with Gasteiger partial charge in [0.2, 0.25) is 10.0 Å². The molecular formula is C25H22Cl5N3O6S2. The van der Waals surface area contributed by atoms with Crippen LogP contribution in [0.25, 0.3) is 21.5 Å². The number of hydrogen-bond donors (Lipinski definition) is 1. The lowest BCUT2D eigenvalue weighted by molar-refractivity contribution is -0.152. The van der Waals surface area contributed by atoms with Crippen LogP contribution in [-0.4, -0.2) is 45.9 Å². The minimum absolute atomic E-state index is 0.00521. The Bertz CT molecular complexity index is 1850. The minimum atomic E-state index is -3.85. The number of nitrogens with zero attached hydrogens (tertiary/aromatic N) is 2. The smallest absolute Gasteiger partial charge is 0.312 e. The molecule has 0 aliphatic carbocycles. The number of hydrogen-bond acceptors (Lipinski definition) is 8. The normalized spacial score (nSPS) is 12.2. The molecule has 0 saturated carbocycles. The van der Waals surface area contributed by atoms with Gasteiger partial charge in [0.1, 0.15) is 10.3 Å². The number of fused-ring (bicyclic) bond motifs is 2. The maximum Gasteiger partial charge on any atom is 0.312 e. The molecular weight excluding hydrogens is 680 g/mol. The monoisotopic (exact) mass is 699 g/mol. The molecule has 220 valence electrons. The zero-order valence-corrected chi connectivity index (χ0v) is 27.0. The van der Waals surface area contributed by atoms with Crippen LogP contribution < -0.4 is 4.72 Å². The molecule has 0 radical (unpaired) electrons. The highest BCUT2D eigenvalue weighted by Crippen LogP contribution is 2.31. The number of nitrogens with one attached hydrogen (secondary N) is 1. The van der Waals surface area contributed by atoms with E-state index in [-0.39, 0.29) is 33.2 Å². The molecule has 0 amide bonds. The van der Waals surface area contributed by atoms with E-state index in [2.05, 4.69) is 14.7 Å². The van der Waals surface area contributed by atoms with Crippen LogP contribution in [0.4, 0.5) is 0 Å². The molecule has 41 heavy (non-hydrogen) atoms. The van der Waals surface area contributed by atoms with Crippen molar-refractivity contribution in [2.24, 2.45) is 5.41 Å². The Morgan fingerprint density at radius 2 is 1.29 bits per heavy atom. The third kappa shape index (κ3) is 8.11. The molecule has 2 aromatic heterocycles. The van der Waals surface area contributed by atoms with E-state index in [4.69, 9.17) is 61.8 Å². The van der Waals surface area contributed by atoms with Gasteiger partial charge in [0.25, 0.3) is 9.05 Å². The van der Waals surface area contributed by atoms with Gasteiger partial charge < -0.3 is 4.74 Å². The third-order valence-corrected chi connectivity index (χ3v) is 9.60. The predicted molar refractivity (Wildman–Crippen MR) is 162 cm³/mol. The lowest BCUT2D eigenvalue weighted by atomic mass is 9.94. The van der Waals surface area contributed by atoms with Crippen molar-refractivity contribution >= 4 is 104 Å². The largest absolute Gasteiger partial charge is 0.466 e. The van der Waals surface area contributed by atoms with Crippen LogP contribution in [0, 0.1) is 5.41 Å². The molecule has 9 nitrogen and oxygen atoms in total. The SMILES string of the molecule is CCOC(=O)C(C)(C)CNS(=O)(=O)c1ccc2c(Cl)cnc(Cl)c2c1.O=S(=O)(Cl)c1ccc2c(Cl)cnc(Cl)c2c1. The Morgan fingerprint density at radius 1 is 0.829 bits per heavy atom. The van der Waals surface area contributed by atoms with Gasteiger partial charge in [-0.1, -0.05) is 58.5 Å². The maximum absolute atomic E-state index is 12.5. The van der Waals surface area contributed by atoms with Crippen LogP contribution in [0.1, 0.15) is 20.8 Å². The molecule has 1 N–H and O–H groups in total. The number of rotatable bonds is 7. The van der Waals surface area contributed by atoms with Gasteiger partial charge in [-0.05, 0) is 45.0 Å². The van der Waals surface area contributed by atoms with Crippen molar-refractivity contribution in [1.82, 2.24) is 14.7 Å². The minimum Gasteiger partial charge on any atom is -0.466 e. The van der Waals surface area contributed by atoms with Gasteiger partial charge in [0.15, 0.2) is 0 Å². The highest BCUT2D eigenvalue weighted by atomic mass is 35.7. The van der Waals surface area contributed by atoms with E-state index in [0.29, 0.717) is 31.6 Å². The molecule has 0 spiro atoms. The zero-order chi connectivity index (χ0) is 30.8. The molecule has 4 rings (SSSR count). The van der Waals surface area contributed by atoms with E-state index >= 15 is 0 Å². The van der Waals surface area contributed by atoms with Crippen molar-refractivity contribution in [2.45, 2.75) is 30.6 Å². The third-order valence-electron chi connectivity index (χ3n) is 5.65. The number of ether oxygens (including phenoxy) is 1. The van der Waals surface area contributed by atoms with Crippen molar-refractivity contribution in [3.8, 4) is 0 Å². The number of carbonyl (C=O) groups is 1. The zero-order valence-electron chi connectivity index (χ0n) is 21.6. The van der Waals surface area contributed by atoms with Gasteiger partial charge in [-0.25, -0.2) is 31.5 Å². The van der Waals surface area contributed by atoms with Crippen molar-refractivity contribution in [2.75, 3.05) is 13.2 Å². The average molecular weight is 702 g/mol. The van der Waals surface area contributed by atoms with E-state index < -0.39 is 30.5 Å². The van der Waals surface area contributed by atoms with Gasteiger partial charge in [-0.3, -0.25) is 4.79 Å². The van der Waals surface area contributed by atoms with Gasteiger partial charge in [-0.15, -0.1) is 0 Å². The highest BCUT2D eigenvalue weighted by Gasteiger charge is 2.31. The van der Waals surface area contributed by atoms with Crippen LogP contribution in [0.15, 0.2) is 58.6 Å². The highest BCUT2D eigenvalue weighted by molar-refractivity contribution is 8.13. The van der Waals surface area contributed by atoms with Crippen molar-refractivity contribution in [3.63, 3.8) is 0 Å². The Kier molecular flexibility index (Phi) is 10.7. The number of carbonyl (C=O) groups excluding carboxylic acids is 1. The number of sulfonamides is 1. The summed E-state index contributed by atoms with van der Waals surface area (Å²) >= 11 is 23.8. The molecule has 0 saturated heterocycles. The summed E-state index contributed by atoms with van der Waals surface area (Å²) in [5.74, 6) is -0.477. The van der Waals surface area contributed by atoms with Crippen molar-refractivity contribution in [1.29, 1.82) is 0 Å². The van der Waals surface area contributed by atoms with Gasteiger partial charge >= 0.3 is 5.97 Å². The average Bonchev–Trinajstić information content (AvgIpc) is 2.91. The second-order valence-electron chi connectivity index (χ2n) is 9.08. The number of benzene rings is 2. The first-order valence-electron chi connectivity index (χ1n) is 11.6. The number of pyridine rings is 2. The molecule has 2 heterocycles. The van der Waals surface area contributed by atoms with Crippen LogP contribution in [-0.2, 0) is 28.6 Å². The predicted octanol–water partition coefficient (Wildman–Crippen LogP) is 6.88. The summed E-state index contributed by atoms with van der Waals surface area (Å²) in [6.07, 6.45) is 2.81. The fraction of sp³-hybridized carbons (Fsp3) is 0.240. The summed E-state index contributed by atoms with van der Waals surface area (Å²) in [6, 6.07) is 8.64. The molecule has 0 aliphatic rings. The maximum atomic E-state index is 12.5. The van der Waals surface area contributed by atoms with Crippen LogP contribution in [0.2, 0.25) is 20.4 Å². The van der Waals surface area contributed by atoms with E-state index in [1.807, 2.05) is 0 Å². The summed E-state index contributed by atoms with van der Waals surface area (Å²) in [5, 5.41) is 3.23. The lowest BCUT2D eigenvalue weighted by Gasteiger charge is -2.22. The molecule has 0 unspecified atom stereocenters. The number of esters is 1. The quantitative estimate of drug-likeness (QED) is 0.125. The van der Waals surface area contributed by atoms with Crippen LogP contribution in [0.3, 0.4) is 0 Å². The molecule has 0 aliphatic heterocycles. The van der Waals surface area contributed by atoms with E-state index in [1.165, 1.54) is 36.7 Å². The van der Waals surface area contributed by atoms with E-state index in [1.54, 1.807) is 32.9 Å². The number of halogens is 5. The first-order chi connectivity index (χ1) is 19.0. The second kappa shape index (κ2) is 13.1. The Morgan fingerprint density at radius 3 is 1.76 bits per heavy atom. The fourth-order valence-electron chi connectivity index (χ4n) is 3.39. The molecule has 0 atom stereocenters. The standard InChI is InChI=1S/C16H18Cl2N2O4S.C9H4Cl3NO2S/c1-4-24-15(21)16(2,3)9-20-25(22,23)10-5-6-11-12(7-10)14(18)19-8-13(11)17;10-8-4-13-9(11)7-3-5(16(12,14)15)1-2-6(7)8/h5-8,20H,4,9H2,1-3H3;1-4H. The van der Waals surface area contributed by atoms with Gasteiger partial charge in [0, 0.05) is 51.2 Å². The van der Waals surface area contributed by atoms with Crippen LogP contribution >= 0.6 is 57.1 Å². The van der Waals surface area contributed by atoms with Gasteiger partial charge in [-0.2, -0.15) is 0 Å². The Balaban J connectivity index is 0.000000248. The Hall–Kier alpha value is -1.96. The first kappa shape index (κ1) is 33.5. The molecule has 4 aromatic rings. The number of aromatic nitrogens is 2. The fourth-order valence-corrected chi connectivity index (χ4v) is 6.24. The lowest BCUT2D eigenvalue weighted by Crippen LogP contribution is -2.39. The topological polar surface area (TPSA) is 132 Å². The molecule has 0 bridgehead atoms. The van der Waals surface area contributed by atoms with Crippen molar-refractivity contribution < 1.29 is 26.4 Å². The van der Waals surface area contributed by atoms with Crippen LogP contribution in [0.5, 0.6) is 0 Å². The summed E-state index contributed by atoms with van der Waals surface area (Å²) in [4.78, 5) is 19.6. The Labute approximate surface area is 261 Å². The van der Waals surface area contributed by atoms with Crippen molar-refractivity contribution in [3.05, 3.63) is 69.1 Å². The summed E-state index contributed by atoms with van der Waals surface area (Å²) < 4.78 is 54.7. The summed E-state index contributed by atoms with van der Waals surface area (Å²) in [5.41, 5.74) is -0.998.